The van der Waals surface area contributed by atoms with Crippen LogP contribution in [0.2, 0.25) is 0 Å². The highest BCUT2D eigenvalue weighted by Crippen LogP contribution is 2.29. The molecule has 1 amide bonds. The number of hydrogen-bond donors (Lipinski definition) is 1. The topological polar surface area (TPSA) is 86.2 Å². The van der Waals surface area contributed by atoms with Crippen LogP contribution in [0.1, 0.15) is 30.7 Å². The van der Waals surface area contributed by atoms with Gasteiger partial charge in [0.25, 0.3) is 0 Å². The van der Waals surface area contributed by atoms with Gasteiger partial charge < -0.3 is 14.8 Å². The fourth-order valence-corrected chi connectivity index (χ4v) is 2.94. The van der Waals surface area contributed by atoms with E-state index in [1.54, 1.807) is 37.8 Å². The van der Waals surface area contributed by atoms with Gasteiger partial charge in [-0.3, -0.25) is 4.79 Å². The highest BCUT2D eigenvalue weighted by atomic mass is 16.5. The fraction of sp³-hybridized carbons (Fsp3) is 0.444. The molecule has 1 aliphatic rings. The lowest BCUT2D eigenvalue weighted by molar-refractivity contribution is -0.124. The van der Waals surface area contributed by atoms with Gasteiger partial charge in [0.15, 0.2) is 5.82 Å². The maximum Gasteiger partial charge on any atom is 0.221 e. The number of amides is 1. The predicted molar refractivity (Wildman–Crippen MR) is 91.0 cm³/mol. The Morgan fingerprint density at radius 2 is 2.00 bits per heavy atom. The molecule has 0 atom stereocenters. The van der Waals surface area contributed by atoms with Crippen molar-refractivity contribution < 1.29 is 14.3 Å². The van der Waals surface area contributed by atoms with Gasteiger partial charge in [0.05, 0.1) is 7.11 Å². The van der Waals surface area contributed by atoms with E-state index >= 15 is 0 Å². The molecule has 2 aromatic rings. The Kier molecular flexibility index (Phi) is 5.55. The first kappa shape index (κ1) is 17.3. The second kappa shape index (κ2) is 8.02. The lowest BCUT2D eigenvalue weighted by Gasteiger charge is -2.36. The molecule has 0 bridgehead atoms. The molecule has 1 fully saturated rings. The van der Waals surface area contributed by atoms with Crippen molar-refractivity contribution >= 4 is 5.91 Å². The molecule has 0 aromatic carbocycles. The zero-order chi connectivity index (χ0) is 17.5. The first-order valence-corrected chi connectivity index (χ1v) is 8.37. The lowest BCUT2D eigenvalue weighted by Crippen LogP contribution is -2.50. The van der Waals surface area contributed by atoms with E-state index in [0.717, 1.165) is 5.56 Å². The van der Waals surface area contributed by atoms with E-state index in [2.05, 4.69) is 20.3 Å². The molecule has 1 N–H and O–H groups in total. The quantitative estimate of drug-likeness (QED) is 0.859. The summed E-state index contributed by atoms with van der Waals surface area (Å²) in [5.41, 5.74) is 0.447. The summed E-state index contributed by atoms with van der Waals surface area (Å²) in [5.74, 6) is 1.19. The summed E-state index contributed by atoms with van der Waals surface area (Å²) in [7, 11) is 1.58. The number of methoxy groups -OCH3 is 1. The van der Waals surface area contributed by atoms with Gasteiger partial charge in [-0.15, -0.1) is 0 Å². The Morgan fingerprint density at radius 1 is 1.24 bits per heavy atom. The van der Waals surface area contributed by atoms with E-state index in [9.17, 15) is 4.79 Å². The summed E-state index contributed by atoms with van der Waals surface area (Å²) in [5, 5.41) is 3.15. The molecule has 132 valence electrons. The summed E-state index contributed by atoms with van der Waals surface area (Å²) in [6.07, 6.45) is 7.48. The summed E-state index contributed by atoms with van der Waals surface area (Å²) in [6, 6.07) is 5.49. The van der Waals surface area contributed by atoms with Crippen molar-refractivity contribution in [2.75, 3.05) is 20.3 Å². The van der Waals surface area contributed by atoms with E-state index in [4.69, 9.17) is 9.47 Å². The van der Waals surface area contributed by atoms with Crippen LogP contribution in [0.25, 0.3) is 0 Å². The average Bonchev–Trinajstić information content (AvgIpc) is 2.68. The molecule has 25 heavy (non-hydrogen) atoms. The zero-order valence-electron chi connectivity index (χ0n) is 14.3. The number of pyridine rings is 1. The van der Waals surface area contributed by atoms with Gasteiger partial charge in [-0.1, -0.05) is 6.07 Å². The minimum atomic E-state index is -0.547. The first-order chi connectivity index (χ1) is 12.2. The van der Waals surface area contributed by atoms with Crippen molar-refractivity contribution in [1.29, 1.82) is 0 Å². The summed E-state index contributed by atoms with van der Waals surface area (Å²) >= 11 is 0. The zero-order valence-corrected chi connectivity index (χ0v) is 14.3. The van der Waals surface area contributed by atoms with E-state index in [0.29, 0.717) is 50.6 Å². The molecule has 7 nitrogen and oxygen atoms in total. The van der Waals surface area contributed by atoms with Crippen molar-refractivity contribution in [1.82, 2.24) is 20.3 Å². The Morgan fingerprint density at radius 3 is 2.64 bits per heavy atom. The second-order valence-corrected chi connectivity index (χ2v) is 6.02. The maximum atomic E-state index is 12.5. The first-order valence-electron chi connectivity index (χ1n) is 8.37. The molecular weight excluding hydrogens is 320 g/mol. The Balaban J connectivity index is 1.64. The Hall–Kier alpha value is -2.54. The molecule has 1 saturated heterocycles. The average molecular weight is 342 g/mol. The number of carbonyl (C=O) groups is 1. The van der Waals surface area contributed by atoms with Crippen LogP contribution in [0.3, 0.4) is 0 Å². The van der Waals surface area contributed by atoms with Crippen LogP contribution in [0.15, 0.2) is 36.8 Å². The summed E-state index contributed by atoms with van der Waals surface area (Å²) in [6.45, 7) is 1.17. The van der Waals surface area contributed by atoms with Gasteiger partial charge in [-0.05, 0) is 18.1 Å². The number of nitrogens with one attached hydrogen (secondary N) is 1. The van der Waals surface area contributed by atoms with Crippen molar-refractivity contribution in [2.45, 2.75) is 31.2 Å². The van der Waals surface area contributed by atoms with Crippen LogP contribution >= 0.6 is 0 Å². The van der Waals surface area contributed by atoms with Crippen molar-refractivity contribution in [3.05, 3.63) is 48.2 Å². The minimum absolute atomic E-state index is 0.0230. The number of hydrogen-bond acceptors (Lipinski definition) is 6. The van der Waals surface area contributed by atoms with Crippen LogP contribution in [-0.2, 0) is 21.5 Å². The minimum Gasteiger partial charge on any atom is -0.481 e. The van der Waals surface area contributed by atoms with Crippen LogP contribution in [-0.4, -0.2) is 41.2 Å². The van der Waals surface area contributed by atoms with Crippen molar-refractivity contribution in [3.63, 3.8) is 0 Å². The molecule has 1 aliphatic heterocycles. The molecule has 0 saturated carbocycles. The molecule has 3 heterocycles. The monoisotopic (exact) mass is 342 g/mol. The smallest absolute Gasteiger partial charge is 0.221 e. The maximum absolute atomic E-state index is 12.5. The van der Waals surface area contributed by atoms with Gasteiger partial charge in [0, 0.05) is 57.1 Å². The SMILES string of the molecule is COc1ccc(CCC(=O)NC2(c3ncccn3)CCOCC2)cn1. The fourth-order valence-electron chi connectivity index (χ4n) is 2.94. The van der Waals surface area contributed by atoms with E-state index in [1.807, 2.05) is 6.07 Å². The molecule has 0 unspecified atom stereocenters. The third-order valence-corrected chi connectivity index (χ3v) is 4.37. The Bertz CT molecular complexity index is 685. The molecule has 3 rings (SSSR count). The van der Waals surface area contributed by atoms with Crippen LogP contribution in [0, 0.1) is 0 Å². The molecule has 0 radical (unpaired) electrons. The summed E-state index contributed by atoms with van der Waals surface area (Å²) < 4.78 is 10.5. The largest absolute Gasteiger partial charge is 0.481 e. The van der Waals surface area contributed by atoms with Gasteiger partial charge in [0.2, 0.25) is 11.8 Å². The number of rotatable bonds is 6. The summed E-state index contributed by atoms with van der Waals surface area (Å²) in [4.78, 5) is 25.4. The number of nitrogens with zero attached hydrogens (tertiary/aromatic N) is 3. The molecule has 2 aromatic heterocycles. The van der Waals surface area contributed by atoms with E-state index < -0.39 is 5.54 Å². The van der Waals surface area contributed by atoms with Gasteiger partial charge in [-0.25, -0.2) is 15.0 Å². The Labute approximate surface area is 146 Å². The normalized spacial score (nSPS) is 16.2. The standard InChI is InChI=1S/C18H22N4O3/c1-24-16-6-4-14(13-21-16)3-5-15(23)22-18(7-11-25-12-8-18)17-19-9-2-10-20-17/h2,4,6,9-10,13H,3,5,7-8,11-12H2,1H3,(H,22,23). The predicted octanol–water partition coefficient (Wildman–Crippen LogP) is 1.63. The van der Waals surface area contributed by atoms with Crippen LogP contribution in [0.4, 0.5) is 0 Å². The van der Waals surface area contributed by atoms with Crippen molar-refractivity contribution in [3.8, 4) is 5.88 Å². The number of ether oxygens (including phenoxy) is 2. The van der Waals surface area contributed by atoms with Gasteiger partial charge >= 0.3 is 0 Å². The van der Waals surface area contributed by atoms with Crippen LogP contribution in [0.5, 0.6) is 5.88 Å². The third kappa shape index (κ3) is 4.30. The molecule has 0 aliphatic carbocycles. The van der Waals surface area contributed by atoms with Gasteiger partial charge in [0.1, 0.15) is 5.54 Å². The third-order valence-electron chi connectivity index (χ3n) is 4.37. The van der Waals surface area contributed by atoms with Crippen molar-refractivity contribution in [2.24, 2.45) is 0 Å². The van der Waals surface area contributed by atoms with E-state index in [1.165, 1.54) is 0 Å². The lowest BCUT2D eigenvalue weighted by atomic mass is 9.88. The number of aryl methyl sites for hydroxylation is 1. The number of carbonyl (C=O) groups excluding carboxylic acids is 1. The number of aromatic nitrogens is 3. The van der Waals surface area contributed by atoms with E-state index in [-0.39, 0.29) is 5.91 Å². The van der Waals surface area contributed by atoms with Crippen LogP contribution < -0.4 is 10.1 Å². The molecule has 0 spiro atoms. The molecule has 7 heteroatoms. The highest BCUT2D eigenvalue weighted by Gasteiger charge is 2.38. The molecular formula is C18H22N4O3. The second-order valence-electron chi connectivity index (χ2n) is 6.02. The van der Waals surface area contributed by atoms with Gasteiger partial charge in [-0.2, -0.15) is 0 Å². The highest BCUT2D eigenvalue weighted by molar-refractivity contribution is 5.77.